The molecular weight excluding hydrogens is 197 g/mol. The molecule has 0 aliphatic carbocycles. The van der Waals surface area contributed by atoms with Crippen LogP contribution < -0.4 is 10.1 Å². The second-order valence-corrected chi connectivity index (χ2v) is 3.45. The largest absolute Gasteiger partial charge is 0.494 e. The summed E-state index contributed by atoms with van der Waals surface area (Å²) in [6.45, 7) is 1.94. The number of rotatable bonds is 2. The molecule has 0 unspecified atom stereocenters. The topological polar surface area (TPSA) is 30.5 Å². The van der Waals surface area contributed by atoms with Gasteiger partial charge in [0, 0.05) is 12.1 Å². The minimum atomic E-state index is -0.303. The van der Waals surface area contributed by atoms with Gasteiger partial charge in [0.2, 0.25) is 0 Å². The third-order valence-corrected chi connectivity index (χ3v) is 2.51. The molecule has 1 atom stereocenters. The summed E-state index contributed by atoms with van der Waals surface area (Å²) in [6, 6.07) is 5.08. The maximum absolute atomic E-state index is 13.8. The number of hydrogen-bond donors (Lipinski definition) is 1. The molecule has 3 nitrogen and oxygen atoms in total. The van der Waals surface area contributed by atoms with E-state index in [4.69, 9.17) is 9.47 Å². The molecule has 1 aromatic rings. The molecule has 0 radical (unpaired) electrons. The van der Waals surface area contributed by atoms with Crippen molar-refractivity contribution in [3.63, 3.8) is 0 Å². The monoisotopic (exact) mass is 211 g/mol. The van der Waals surface area contributed by atoms with E-state index in [1.54, 1.807) is 18.2 Å². The molecule has 1 aliphatic rings. The first-order valence-corrected chi connectivity index (χ1v) is 4.96. The van der Waals surface area contributed by atoms with Gasteiger partial charge in [-0.1, -0.05) is 12.1 Å². The van der Waals surface area contributed by atoms with Gasteiger partial charge in [0.25, 0.3) is 0 Å². The van der Waals surface area contributed by atoms with Crippen LogP contribution in [0.15, 0.2) is 18.2 Å². The van der Waals surface area contributed by atoms with Gasteiger partial charge in [0.1, 0.15) is 0 Å². The Kier molecular flexibility index (Phi) is 3.18. The number of ether oxygens (including phenoxy) is 2. The van der Waals surface area contributed by atoms with Crippen LogP contribution in [-0.2, 0) is 4.74 Å². The Bertz CT molecular complexity index is 337. The minimum absolute atomic E-state index is 0.0751. The van der Waals surface area contributed by atoms with Crippen molar-refractivity contribution in [2.24, 2.45) is 0 Å². The van der Waals surface area contributed by atoms with Crippen molar-refractivity contribution in [3.05, 3.63) is 29.6 Å². The molecule has 1 aliphatic heterocycles. The van der Waals surface area contributed by atoms with Crippen molar-refractivity contribution in [2.75, 3.05) is 26.9 Å². The van der Waals surface area contributed by atoms with Crippen LogP contribution in [0.1, 0.15) is 11.6 Å². The lowest BCUT2D eigenvalue weighted by Crippen LogP contribution is -2.35. The molecule has 15 heavy (non-hydrogen) atoms. The molecular formula is C11H14FNO2. The van der Waals surface area contributed by atoms with Crippen molar-refractivity contribution in [1.82, 2.24) is 5.32 Å². The zero-order chi connectivity index (χ0) is 10.7. The summed E-state index contributed by atoms with van der Waals surface area (Å²) in [5.74, 6) is -0.0251. The zero-order valence-corrected chi connectivity index (χ0v) is 8.63. The van der Waals surface area contributed by atoms with Crippen molar-refractivity contribution in [1.29, 1.82) is 0 Å². The highest BCUT2D eigenvalue weighted by Gasteiger charge is 2.20. The van der Waals surface area contributed by atoms with Crippen molar-refractivity contribution in [3.8, 4) is 5.75 Å². The summed E-state index contributed by atoms with van der Waals surface area (Å²) in [7, 11) is 1.47. The Morgan fingerprint density at radius 2 is 2.40 bits per heavy atom. The van der Waals surface area contributed by atoms with E-state index in [1.807, 2.05) is 0 Å². The quantitative estimate of drug-likeness (QED) is 0.804. The Balaban J connectivity index is 2.26. The Labute approximate surface area is 88.2 Å². The van der Waals surface area contributed by atoms with Crippen LogP contribution >= 0.6 is 0 Å². The van der Waals surface area contributed by atoms with Crippen LogP contribution in [-0.4, -0.2) is 26.9 Å². The third kappa shape index (κ3) is 2.11. The molecule has 0 bridgehead atoms. The van der Waals surface area contributed by atoms with Gasteiger partial charge in [-0.05, 0) is 6.07 Å². The predicted octanol–water partition coefficient (Wildman–Crippen LogP) is 1.50. The fraction of sp³-hybridized carbons (Fsp3) is 0.455. The van der Waals surface area contributed by atoms with Gasteiger partial charge in [0.05, 0.1) is 26.4 Å². The highest BCUT2D eigenvalue weighted by molar-refractivity contribution is 5.33. The first-order chi connectivity index (χ1) is 7.33. The molecule has 0 spiro atoms. The van der Waals surface area contributed by atoms with Crippen molar-refractivity contribution < 1.29 is 13.9 Å². The van der Waals surface area contributed by atoms with Gasteiger partial charge < -0.3 is 14.8 Å². The molecule has 0 saturated carbocycles. The molecule has 1 fully saturated rings. The second-order valence-electron chi connectivity index (χ2n) is 3.45. The zero-order valence-electron chi connectivity index (χ0n) is 8.63. The SMILES string of the molecule is COc1cccc([C@H]2COCCN2)c1F. The van der Waals surface area contributed by atoms with Crippen LogP contribution in [0, 0.1) is 5.82 Å². The summed E-state index contributed by atoms with van der Waals surface area (Å²) in [6.07, 6.45) is 0. The summed E-state index contributed by atoms with van der Waals surface area (Å²) < 4.78 is 24.1. The van der Waals surface area contributed by atoms with Gasteiger partial charge in [-0.15, -0.1) is 0 Å². The average Bonchev–Trinajstić information content (AvgIpc) is 2.30. The molecule has 1 saturated heterocycles. The van der Waals surface area contributed by atoms with E-state index in [-0.39, 0.29) is 17.6 Å². The highest BCUT2D eigenvalue weighted by atomic mass is 19.1. The van der Waals surface area contributed by atoms with Gasteiger partial charge in [0.15, 0.2) is 11.6 Å². The predicted molar refractivity (Wildman–Crippen MR) is 54.5 cm³/mol. The lowest BCUT2D eigenvalue weighted by Gasteiger charge is -2.24. The van der Waals surface area contributed by atoms with Crippen LogP contribution in [0.5, 0.6) is 5.75 Å². The van der Waals surface area contributed by atoms with Gasteiger partial charge >= 0.3 is 0 Å². The molecule has 1 aromatic carbocycles. The first kappa shape index (κ1) is 10.4. The molecule has 82 valence electrons. The fourth-order valence-corrected chi connectivity index (χ4v) is 1.72. The van der Waals surface area contributed by atoms with Crippen LogP contribution in [0.3, 0.4) is 0 Å². The summed E-state index contributed by atoms with van der Waals surface area (Å²) in [5, 5.41) is 3.21. The van der Waals surface area contributed by atoms with E-state index in [2.05, 4.69) is 5.32 Å². The molecule has 1 N–H and O–H groups in total. The maximum atomic E-state index is 13.8. The molecule has 0 amide bonds. The fourth-order valence-electron chi connectivity index (χ4n) is 1.72. The third-order valence-electron chi connectivity index (χ3n) is 2.51. The van der Waals surface area contributed by atoms with Crippen LogP contribution in [0.25, 0.3) is 0 Å². The molecule has 1 heterocycles. The van der Waals surface area contributed by atoms with Gasteiger partial charge in [-0.25, -0.2) is 4.39 Å². The lowest BCUT2D eigenvalue weighted by atomic mass is 10.1. The van der Waals surface area contributed by atoms with Crippen LogP contribution in [0.2, 0.25) is 0 Å². The summed E-state index contributed by atoms with van der Waals surface area (Å²) in [5.41, 5.74) is 0.606. The second kappa shape index (κ2) is 4.59. The van der Waals surface area contributed by atoms with E-state index in [0.717, 1.165) is 6.54 Å². The van der Waals surface area contributed by atoms with Crippen molar-refractivity contribution >= 4 is 0 Å². The normalized spacial score (nSPS) is 21.3. The number of benzene rings is 1. The molecule has 2 rings (SSSR count). The minimum Gasteiger partial charge on any atom is -0.494 e. The van der Waals surface area contributed by atoms with E-state index in [9.17, 15) is 4.39 Å². The van der Waals surface area contributed by atoms with Gasteiger partial charge in [-0.2, -0.15) is 0 Å². The van der Waals surface area contributed by atoms with Crippen molar-refractivity contribution in [2.45, 2.75) is 6.04 Å². The number of nitrogens with one attached hydrogen (secondary N) is 1. The number of hydrogen-bond acceptors (Lipinski definition) is 3. The standard InChI is InChI=1S/C11H14FNO2/c1-14-10-4-2-3-8(11(10)12)9-7-15-6-5-13-9/h2-4,9,13H,5-7H2,1H3/t9-/m1/s1. The maximum Gasteiger partial charge on any atom is 0.169 e. The Hall–Kier alpha value is -1.13. The van der Waals surface area contributed by atoms with E-state index < -0.39 is 0 Å². The van der Waals surface area contributed by atoms with E-state index >= 15 is 0 Å². The first-order valence-electron chi connectivity index (χ1n) is 4.96. The summed E-state index contributed by atoms with van der Waals surface area (Å²) in [4.78, 5) is 0. The molecule has 4 heteroatoms. The molecule has 0 aromatic heterocycles. The average molecular weight is 211 g/mol. The van der Waals surface area contributed by atoms with Crippen LogP contribution in [0.4, 0.5) is 4.39 Å². The van der Waals surface area contributed by atoms with E-state index in [1.165, 1.54) is 7.11 Å². The van der Waals surface area contributed by atoms with E-state index in [0.29, 0.717) is 18.8 Å². The highest BCUT2D eigenvalue weighted by Crippen LogP contribution is 2.25. The Morgan fingerprint density at radius 3 is 3.07 bits per heavy atom. The van der Waals surface area contributed by atoms with Gasteiger partial charge in [-0.3, -0.25) is 0 Å². The Morgan fingerprint density at radius 1 is 1.53 bits per heavy atom. The lowest BCUT2D eigenvalue weighted by molar-refractivity contribution is 0.0756. The number of halogens is 1. The number of morpholine rings is 1. The summed E-state index contributed by atoms with van der Waals surface area (Å²) >= 11 is 0. The smallest absolute Gasteiger partial charge is 0.169 e. The number of methoxy groups -OCH3 is 1.